The monoisotopic (exact) mass is 453 g/mol. The summed E-state index contributed by atoms with van der Waals surface area (Å²) in [6.07, 6.45) is 0.308. The number of amides is 2. The lowest BCUT2D eigenvalue weighted by atomic mass is 10.1. The Kier molecular flexibility index (Phi) is 4.71. The molecule has 2 amide bonds. The average molecular weight is 454 g/mol. The fourth-order valence-electron chi connectivity index (χ4n) is 3.21. The van der Waals surface area contributed by atoms with Gasteiger partial charge in [0.05, 0.1) is 16.7 Å². The number of imide groups is 1. The molecule has 0 atom stereocenters. The molecule has 0 unspecified atom stereocenters. The molecule has 0 aliphatic carbocycles. The molecule has 0 radical (unpaired) electrons. The summed E-state index contributed by atoms with van der Waals surface area (Å²) in [5, 5.41) is 9.54. The number of furan rings is 1. The highest BCUT2D eigenvalue weighted by atomic mass is 79.9. The fraction of sp³-hybridized carbons (Fsp3) is 0.0952. The van der Waals surface area contributed by atoms with Gasteiger partial charge in [0.25, 0.3) is 0 Å². The Hall–Kier alpha value is -3.39. The number of aryl methyl sites for hydroxylation is 1. The summed E-state index contributed by atoms with van der Waals surface area (Å²) in [6.45, 7) is 3.04. The molecular weight excluding hydrogens is 438 g/mol. The van der Waals surface area contributed by atoms with E-state index in [-0.39, 0.29) is 5.69 Å². The lowest BCUT2D eigenvalue weighted by molar-refractivity contribution is -0.116. The maximum Gasteiger partial charge on any atom is 0.418 e. The largest absolute Gasteiger partial charge is 0.464 e. The highest BCUT2D eigenvalue weighted by Gasteiger charge is 2.22. The van der Waals surface area contributed by atoms with Crippen LogP contribution in [-0.4, -0.2) is 26.7 Å². The smallest absolute Gasteiger partial charge is 0.418 e. The topological polar surface area (TPSA) is 88.6 Å². The molecule has 7 nitrogen and oxygen atoms in total. The number of hydrogen-bond donors (Lipinski definition) is 1. The first-order chi connectivity index (χ1) is 13.8. The van der Waals surface area contributed by atoms with E-state index in [1.807, 2.05) is 41.8 Å². The molecule has 0 spiro atoms. The first kappa shape index (κ1) is 18.9. The first-order valence-corrected chi connectivity index (χ1v) is 9.51. The van der Waals surface area contributed by atoms with Gasteiger partial charge in [0, 0.05) is 22.6 Å². The van der Waals surface area contributed by atoms with Crippen LogP contribution in [0.4, 0.5) is 10.5 Å². The van der Waals surface area contributed by atoms with Crippen molar-refractivity contribution in [2.75, 3.05) is 4.90 Å². The van der Waals surface area contributed by atoms with E-state index < -0.39 is 12.0 Å². The van der Waals surface area contributed by atoms with Crippen LogP contribution in [0.25, 0.3) is 28.0 Å². The van der Waals surface area contributed by atoms with Gasteiger partial charge in [-0.05, 0) is 55.5 Å². The molecule has 0 aliphatic rings. The summed E-state index contributed by atoms with van der Waals surface area (Å²) in [4.78, 5) is 28.8. The van der Waals surface area contributed by atoms with Crippen LogP contribution in [0.2, 0.25) is 0 Å². The predicted octanol–water partition coefficient (Wildman–Crippen LogP) is 5.39. The molecule has 4 aromatic rings. The first-order valence-electron chi connectivity index (χ1n) is 8.72. The minimum absolute atomic E-state index is 0.227. The molecule has 29 heavy (non-hydrogen) atoms. The number of hydrogen-bond acceptors (Lipinski definition) is 4. The van der Waals surface area contributed by atoms with Gasteiger partial charge in [-0.25, -0.2) is 14.7 Å². The zero-order valence-corrected chi connectivity index (χ0v) is 17.2. The summed E-state index contributed by atoms with van der Waals surface area (Å²) in [5.74, 6) is 0.703. The van der Waals surface area contributed by atoms with E-state index in [0.29, 0.717) is 21.9 Å². The van der Waals surface area contributed by atoms with Gasteiger partial charge in [-0.3, -0.25) is 9.36 Å². The molecule has 0 saturated carbocycles. The highest BCUT2D eigenvalue weighted by Crippen LogP contribution is 2.32. The average Bonchev–Trinajstić information content (AvgIpc) is 3.26. The third-order valence-corrected chi connectivity index (χ3v) is 4.97. The molecule has 0 fully saturated rings. The summed E-state index contributed by atoms with van der Waals surface area (Å²) >= 11 is 3.43. The number of carboxylic acid groups (broad SMARTS) is 1. The lowest BCUT2D eigenvalue weighted by Crippen LogP contribution is -2.33. The van der Waals surface area contributed by atoms with Crippen LogP contribution in [0.1, 0.15) is 12.7 Å². The van der Waals surface area contributed by atoms with Gasteiger partial charge >= 0.3 is 6.09 Å². The van der Waals surface area contributed by atoms with Crippen LogP contribution in [-0.2, 0) is 4.79 Å². The minimum atomic E-state index is -1.35. The van der Waals surface area contributed by atoms with Crippen LogP contribution in [0.15, 0.2) is 63.7 Å². The fourth-order valence-corrected chi connectivity index (χ4v) is 3.56. The number of imidazole rings is 1. The van der Waals surface area contributed by atoms with Gasteiger partial charge in [0.15, 0.2) is 0 Å². The second kappa shape index (κ2) is 7.21. The van der Waals surface area contributed by atoms with Crippen LogP contribution in [0.5, 0.6) is 0 Å². The number of aromatic nitrogens is 2. The van der Waals surface area contributed by atoms with E-state index in [1.54, 1.807) is 24.5 Å². The third kappa shape index (κ3) is 3.54. The number of benzene rings is 2. The zero-order valence-electron chi connectivity index (χ0n) is 15.6. The Morgan fingerprint density at radius 2 is 1.93 bits per heavy atom. The van der Waals surface area contributed by atoms with E-state index in [4.69, 9.17) is 4.42 Å². The molecule has 146 valence electrons. The van der Waals surface area contributed by atoms with Crippen LogP contribution in [0, 0.1) is 6.92 Å². The van der Waals surface area contributed by atoms with Crippen molar-refractivity contribution < 1.29 is 19.1 Å². The van der Waals surface area contributed by atoms with Gasteiger partial charge in [0.1, 0.15) is 17.8 Å². The molecule has 0 bridgehead atoms. The number of carbonyl (C=O) groups is 2. The summed E-state index contributed by atoms with van der Waals surface area (Å²) in [6, 6.07) is 14.5. The van der Waals surface area contributed by atoms with E-state index in [1.165, 1.54) is 6.92 Å². The summed E-state index contributed by atoms with van der Waals surface area (Å²) in [5.41, 5.74) is 3.16. The molecule has 4 rings (SSSR count). The normalized spacial score (nSPS) is 11.0. The second-order valence-corrected chi connectivity index (χ2v) is 7.45. The number of carbonyl (C=O) groups excluding carboxylic acids is 1. The van der Waals surface area contributed by atoms with Crippen LogP contribution in [0.3, 0.4) is 0 Å². The molecule has 2 aromatic heterocycles. The standard InChI is InChI=1S/C21H16BrN3O4/c1-12-3-6-20(29-12)14-7-16(10-17(8-14)25(13(2)26)21(27)28)24-11-23-18-9-15(22)4-5-19(18)24/h3-11H,1-2H3,(H,27,28). The van der Waals surface area contributed by atoms with Crippen molar-refractivity contribution in [3.8, 4) is 17.0 Å². The van der Waals surface area contributed by atoms with Gasteiger partial charge in [-0.15, -0.1) is 0 Å². The van der Waals surface area contributed by atoms with Crippen molar-refractivity contribution in [2.45, 2.75) is 13.8 Å². The summed E-state index contributed by atoms with van der Waals surface area (Å²) < 4.78 is 8.46. The van der Waals surface area contributed by atoms with E-state index >= 15 is 0 Å². The molecule has 0 aliphatic heterocycles. The second-order valence-electron chi connectivity index (χ2n) is 6.53. The lowest BCUT2D eigenvalue weighted by Gasteiger charge is -2.18. The maximum absolute atomic E-state index is 12.0. The van der Waals surface area contributed by atoms with E-state index in [2.05, 4.69) is 20.9 Å². The van der Waals surface area contributed by atoms with E-state index in [9.17, 15) is 14.7 Å². The molecule has 0 saturated heterocycles. The highest BCUT2D eigenvalue weighted by molar-refractivity contribution is 9.10. The number of rotatable bonds is 3. The van der Waals surface area contributed by atoms with Crippen molar-refractivity contribution in [3.63, 3.8) is 0 Å². The predicted molar refractivity (Wildman–Crippen MR) is 112 cm³/mol. The van der Waals surface area contributed by atoms with Crippen molar-refractivity contribution in [1.29, 1.82) is 0 Å². The summed E-state index contributed by atoms with van der Waals surface area (Å²) in [7, 11) is 0. The van der Waals surface area contributed by atoms with Crippen molar-refractivity contribution in [2.24, 2.45) is 0 Å². The van der Waals surface area contributed by atoms with Gasteiger partial charge in [-0.1, -0.05) is 15.9 Å². The molecule has 2 heterocycles. The van der Waals surface area contributed by atoms with Crippen molar-refractivity contribution >= 4 is 44.7 Å². The number of anilines is 1. The number of halogens is 1. The Morgan fingerprint density at radius 3 is 2.59 bits per heavy atom. The maximum atomic E-state index is 12.0. The molecule has 2 aromatic carbocycles. The Labute approximate surface area is 174 Å². The van der Waals surface area contributed by atoms with Crippen LogP contribution >= 0.6 is 15.9 Å². The number of fused-ring (bicyclic) bond motifs is 1. The van der Waals surface area contributed by atoms with Crippen LogP contribution < -0.4 is 4.90 Å². The SMILES string of the molecule is CC(=O)N(C(=O)O)c1cc(-c2ccc(C)o2)cc(-n2cnc3cc(Br)ccc32)c1. The van der Waals surface area contributed by atoms with Gasteiger partial charge in [0.2, 0.25) is 5.91 Å². The zero-order chi connectivity index (χ0) is 20.7. The van der Waals surface area contributed by atoms with Gasteiger partial charge < -0.3 is 9.52 Å². The van der Waals surface area contributed by atoms with Gasteiger partial charge in [-0.2, -0.15) is 0 Å². The molecule has 1 N–H and O–H groups in total. The Morgan fingerprint density at radius 1 is 1.14 bits per heavy atom. The molecule has 8 heteroatoms. The van der Waals surface area contributed by atoms with Crippen molar-refractivity contribution in [1.82, 2.24) is 9.55 Å². The van der Waals surface area contributed by atoms with E-state index in [0.717, 1.165) is 21.3 Å². The molecular formula is C21H16BrN3O4. The number of nitrogens with zero attached hydrogens (tertiary/aromatic N) is 3. The minimum Gasteiger partial charge on any atom is -0.464 e. The Bertz CT molecular complexity index is 1240. The third-order valence-electron chi connectivity index (χ3n) is 4.48. The Balaban J connectivity index is 1.96. The van der Waals surface area contributed by atoms with Crippen molar-refractivity contribution in [3.05, 3.63) is 65.1 Å². The quantitative estimate of drug-likeness (QED) is 0.449.